The first-order chi connectivity index (χ1) is 10.2. The van der Waals surface area contributed by atoms with Crippen molar-refractivity contribution in [3.63, 3.8) is 0 Å². The molecule has 1 aliphatic heterocycles. The molecule has 1 atom stereocenters. The maximum atomic E-state index is 9.76. The Morgan fingerprint density at radius 2 is 2.14 bits per heavy atom. The maximum absolute atomic E-state index is 9.76. The summed E-state index contributed by atoms with van der Waals surface area (Å²) < 4.78 is 0. The summed E-state index contributed by atoms with van der Waals surface area (Å²) in [6.45, 7) is 3.67. The maximum Gasteiger partial charge on any atom is 0.143 e. The number of aliphatic hydroxyl groups excluding tert-OH is 2. The summed E-state index contributed by atoms with van der Waals surface area (Å²) in [6, 6.07) is 0. The summed E-state index contributed by atoms with van der Waals surface area (Å²) in [4.78, 5) is 14.2. The number of aliphatic hydroxyl groups is 2. The van der Waals surface area contributed by atoms with E-state index in [1.807, 2.05) is 6.20 Å². The van der Waals surface area contributed by atoms with Gasteiger partial charge in [-0.05, 0) is 30.7 Å². The molecule has 1 saturated heterocycles. The average molecular weight is 290 g/mol. The average Bonchev–Trinajstić information content (AvgIpc) is 2.97. The number of anilines is 1. The van der Waals surface area contributed by atoms with Crippen LogP contribution in [0.15, 0.2) is 12.5 Å². The highest BCUT2D eigenvalue weighted by Gasteiger charge is 2.26. The lowest BCUT2D eigenvalue weighted by molar-refractivity contribution is 0.0376. The van der Waals surface area contributed by atoms with E-state index in [1.54, 1.807) is 6.33 Å². The summed E-state index contributed by atoms with van der Waals surface area (Å²) >= 11 is 0. The van der Waals surface area contributed by atoms with Gasteiger partial charge in [0.05, 0.1) is 18.1 Å². The number of rotatable bonds is 4. The molecule has 114 valence electrons. The Kier molecular flexibility index (Phi) is 4.07. The molecule has 1 aliphatic rings. The van der Waals surface area contributed by atoms with Gasteiger partial charge >= 0.3 is 0 Å². The van der Waals surface area contributed by atoms with Gasteiger partial charge in [-0.2, -0.15) is 0 Å². The molecule has 6 nitrogen and oxygen atoms in total. The van der Waals surface area contributed by atoms with Gasteiger partial charge in [-0.1, -0.05) is 6.92 Å². The van der Waals surface area contributed by atoms with E-state index in [9.17, 15) is 5.11 Å². The minimum Gasteiger partial charge on any atom is -0.394 e. The summed E-state index contributed by atoms with van der Waals surface area (Å²) in [7, 11) is 0. The molecule has 0 saturated carbocycles. The van der Waals surface area contributed by atoms with Gasteiger partial charge in [0.15, 0.2) is 0 Å². The lowest BCUT2D eigenvalue weighted by Crippen LogP contribution is -2.39. The van der Waals surface area contributed by atoms with Gasteiger partial charge in [-0.3, -0.25) is 0 Å². The third-order valence-corrected chi connectivity index (χ3v) is 4.48. The smallest absolute Gasteiger partial charge is 0.143 e. The number of aromatic amines is 1. The van der Waals surface area contributed by atoms with Crippen LogP contribution >= 0.6 is 0 Å². The summed E-state index contributed by atoms with van der Waals surface area (Å²) in [5, 5.41) is 19.9. The zero-order valence-corrected chi connectivity index (χ0v) is 12.3. The van der Waals surface area contributed by atoms with Crippen LogP contribution in [0.1, 0.15) is 25.3 Å². The van der Waals surface area contributed by atoms with Gasteiger partial charge in [0.1, 0.15) is 17.8 Å². The van der Waals surface area contributed by atoms with Crippen molar-refractivity contribution in [1.82, 2.24) is 15.0 Å². The van der Waals surface area contributed by atoms with Crippen molar-refractivity contribution in [3.8, 4) is 0 Å². The van der Waals surface area contributed by atoms with Gasteiger partial charge in [0, 0.05) is 19.3 Å². The summed E-state index contributed by atoms with van der Waals surface area (Å²) in [5.41, 5.74) is 2.12. The van der Waals surface area contributed by atoms with Crippen LogP contribution in [0, 0.1) is 5.92 Å². The summed E-state index contributed by atoms with van der Waals surface area (Å²) in [6.07, 6.45) is 5.70. The van der Waals surface area contributed by atoms with Crippen molar-refractivity contribution in [2.45, 2.75) is 32.3 Å². The molecular formula is C15H22N4O2. The number of hydrogen-bond acceptors (Lipinski definition) is 5. The molecule has 2 aromatic heterocycles. The van der Waals surface area contributed by atoms with Crippen molar-refractivity contribution in [1.29, 1.82) is 0 Å². The highest BCUT2D eigenvalue weighted by atomic mass is 16.3. The molecule has 0 amide bonds. The first-order valence-corrected chi connectivity index (χ1v) is 7.59. The zero-order valence-electron chi connectivity index (χ0n) is 12.3. The Morgan fingerprint density at radius 1 is 1.38 bits per heavy atom. The number of piperidine rings is 1. The minimum absolute atomic E-state index is 0.153. The third-order valence-electron chi connectivity index (χ3n) is 4.48. The quantitative estimate of drug-likeness (QED) is 0.785. The second kappa shape index (κ2) is 5.99. The standard InChI is InChI=1S/C15H22N4O2/c1-2-10-7-16-14-13(10)15(18-9-17-14)19-5-3-11(4-6-19)12(21)8-20/h7,9,11-12,20-21H,2-6,8H2,1H3,(H,16,17,18). The molecule has 3 rings (SSSR count). The van der Waals surface area contributed by atoms with Crippen LogP contribution < -0.4 is 4.90 Å². The summed E-state index contributed by atoms with van der Waals surface area (Å²) in [5.74, 6) is 1.16. The van der Waals surface area contributed by atoms with Gasteiger partial charge in [0.2, 0.25) is 0 Å². The van der Waals surface area contributed by atoms with Crippen LogP contribution in [0.25, 0.3) is 11.0 Å². The minimum atomic E-state index is -0.601. The molecule has 3 heterocycles. The molecule has 21 heavy (non-hydrogen) atoms. The van der Waals surface area contributed by atoms with Gasteiger partial charge in [-0.25, -0.2) is 9.97 Å². The molecule has 2 aromatic rings. The Hall–Kier alpha value is -1.66. The van der Waals surface area contributed by atoms with E-state index in [4.69, 9.17) is 5.11 Å². The lowest BCUT2D eigenvalue weighted by atomic mass is 9.91. The van der Waals surface area contributed by atoms with Crippen molar-refractivity contribution >= 4 is 16.9 Å². The van der Waals surface area contributed by atoms with Crippen molar-refractivity contribution in [2.75, 3.05) is 24.6 Å². The second-order valence-corrected chi connectivity index (χ2v) is 5.66. The Labute approximate surface area is 123 Å². The van der Waals surface area contributed by atoms with Crippen LogP contribution in [0.4, 0.5) is 5.82 Å². The van der Waals surface area contributed by atoms with Gasteiger partial charge in [0.25, 0.3) is 0 Å². The van der Waals surface area contributed by atoms with Crippen LogP contribution in [0.5, 0.6) is 0 Å². The number of aryl methyl sites for hydroxylation is 1. The van der Waals surface area contributed by atoms with E-state index in [1.165, 1.54) is 5.56 Å². The highest BCUT2D eigenvalue weighted by Crippen LogP contribution is 2.30. The lowest BCUT2D eigenvalue weighted by Gasteiger charge is -2.34. The van der Waals surface area contributed by atoms with Crippen molar-refractivity contribution in [2.24, 2.45) is 5.92 Å². The number of aromatic nitrogens is 3. The number of nitrogens with one attached hydrogen (secondary N) is 1. The Morgan fingerprint density at radius 3 is 2.81 bits per heavy atom. The molecule has 3 N–H and O–H groups in total. The van der Waals surface area contributed by atoms with Crippen LogP contribution in [0.2, 0.25) is 0 Å². The number of H-pyrrole nitrogens is 1. The Balaban J connectivity index is 1.84. The fraction of sp³-hybridized carbons (Fsp3) is 0.600. The number of hydrogen-bond donors (Lipinski definition) is 3. The molecule has 0 aliphatic carbocycles. The molecule has 0 bridgehead atoms. The fourth-order valence-corrected chi connectivity index (χ4v) is 3.17. The molecular weight excluding hydrogens is 268 g/mol. The second-order valence-electron chi connectivity index (χ2n) is 5.66. The molecule has 6 heteroatoms. The predicted molar refractivity (Wildman–Crippen MR) is 81.3 cm³/mol. The van der Waals surface area contributed by atoms with Crippen LogP contribution in [0.3, 0.4) is 0 Å². The molecule has 0 radical (unpaired) electrons. The molecule has 1 fully saturated rings. The molecule has 0 spiro atoms. The molecule has 1 unspecified atom stereocenters. The van der Waals surface area contributed by atoms with E-state index in [-0.39, 0.29) is 12.5 Å². The topological polar surface area (TPSA) is 85.3 Å². The third kappa shape index (κ3) is 2.61. The van der Waals surface area contributed by atoms with Crippen molar-refractivity contribution < 1.29 is 10.2 Å². The van der Waals surface area contributed by atoms with E-state index < -0.39 is 6.10 Å². The largest absolute Gasteiger partial charge is 0.394 e. The van der Waals surface area contributed by atoms with Crippen LogP contribution in [-0.2, 0) is 6.42 Å². The zero-order chi connectivity index (χ0) is 14.8. The normalized spacial score (nSPS) is 18.3. The number of nitrogens with zero attached hydrogens (tertiary/aromatic N) is 3. The van der Waals surface area contributed by atoms with E-state index in [0.29, 0.717) is 0 Å². The van der Waals surface area contributed by atoms with Crippen LogP contribution in [-0.4, -0.2) is 51.0 Å². The van der Waals surface area contributed by atoms with E-state index >= 15 is 0 Å². The van der Waals surface area contributed by atoms with Gasteiger partial charge in [-0.15, -0.1) is 0 Å². The highest BCUT2D eigenvalue weighted by molar-refractivity contribution is 5.90. The fourth-order valence-electron chi connectivity index (χ4n) is 3.17. The predicted octanol–water partition coefficient (Wildman–Crippen LogP) is 1.09. The van der Waals surface area contributed by atoms with E-state index in [2.05, 4.69) is 26.8 Å². The molecule has 0 aromatic carbocycles. The number of fused-ring (bicyclic) bond motifs is 1. The first kappa shape index (κ1) is 14.3. The van der Waals surface area contributed by atoms with E-state index in [0.717, 1.165) is 49.2 Å². The first-order valence-electron chi connectivity index (χ1n) is 7.59. The van der Waals surface area contributed by atoms with Gasteiger partial charge < -0.3 is 20.1 Å². The van der Waals surface area contributed by atoms with Crippen molar-refractivity contribution in [3.05, 3.63) is 18.1 Å². The monoisotopic (exact) mass is 290 g/mol. The Bertz CT molecular complexity index is 605. The SMILES string of the molecule is CCc1c[nH]c2ncnc(N3CCC(C(O)CO)CC3)c12.